The zero-order valence-electron chi connectivity index (χ0n) is 10.0. The number of carbonyl (C=O) groups excluding carboxylic acids is 1. The van der Waals surface area contributed by atoms with E-state index in [1.807, 2.05) is 20.8 Å². The summed E-state index contributed by atoms with van der Waals surface area (Å²) in [4.78, 5) is 11.3. The Hall–Kier alpha value is -1.32. The van der Waals surface area contributed by atoms with Gasteiger partial charge in [0.15, 0.2) is 0 Å². The summed E-state index contributed by atoms with van der Waals surface area (Å²) < 4.78 is 5.12. The van der Waals surface area contributed by atoms with Crippen molar-refractivity contribution in [3.63, 3.8) is 0 Å². The molecule has 0 saturated carbocycles. The van der Waals surface area contributed by atoms with Crippen LogP contribution < -0.4 is 5.32 Å². The largest absolute Gasteiger partial charge is 0.361 e. The highest BCUT2D eigenvalue weighted by Crippen LogP contribution is 2.21. The minimum atomic E-state index is 0.162. The number of nitrogens with one attached hydrogen (secondary N) is 1. The molecule has 1 aromatic rings. The van der Waals surface area contributed by atoms with E-state index in [1.54, 1.807) is 0 Å². The van der Waals surface area contributed by atoms with E-state index in [-0.39, 0.29) is 11.8 Å². The van der Waals surface area contributed by atoms with Crippen molar-refractivity contribution >= 4 is 5.91 Å². The molecule has 0 spiro atoms. The Bertz CT molecular complexity index is 378. The van der Waals surface area contributed by atoms with Gasteiger partial charge in [0.2, 0.25) is 5.91 Å². The van der Waals surface area contributed by atoms with Crippen molar-refractivity contribution < 1.29 is 9.32 Å². The first kappa shape index (κ1) is 11.2. The minimum absolute atomic E-state index is 0.162. The molecule has 0 bridgehead atoms. The van der Waals surface area contributed by atoms with Gasteiger partial charge >= 0.3 is 0 Å². The lowest BCUT2D eigenvalue weighted by molar-refractivity contribution is -0.122. The summed E-state index contributed by atoms with van der Waals surface area (Å²) in [6.07, 6.45) is 2.85. The molecule has 0 aromatic carbocycles. The number of aromatic nitrogens is 1. The normalized spacial score (nSPS) is 24.8. The SMILES string of the molecule is Cc1noc(C)c1CCC1CC(C)C(=O)N1. The van der Waals surface area contributed by atoms with Crippen LogP contribution in [-0.2, 0) is 11.2 Å². The lowest BCUT2D eigenvalue weighted by Gasteiger charge is -2.08. The molecule has 4 heteroatoms. The highest BCUT2D eigenvalue weighted by Gasteiger charge is 2.28. The number of carbonyl (C=O) groups is 1. The third-order valence-electron chi connectivity index (χ3n) is 3.36. The summed E-state index contributed by atoms with van der Waals surface area (Å²) in [5.41, 5.74) is 2.16. The zero-order valence-corrected chi connectivity index (χ0v) is 10.0. The zero-order chi connectivity index (χ0) is 11.7. The first-order valence-electron chi connectivity index (χ1n) is 5.80. The van der Waals surface area contributed by atoms with E-state index in [9.17, 15) is 4.79 Å². The molecule has 2 unspecified atom stereocenters. The minimum Gasteiger partial charge on any atom is -0.361 e. The molecule has 0 aliphatic carbocycles. The molecule has 88 valence electrons. The highest BCUT2D eigenvalue weighted by molar-refractivity contribution is 5.80. The molecule has 2 rings (SSSR count). The monoisotopic (exact) mass is 222 g/mol. The van der Waals surface area contributed by atoms with Crippen molar-refractivity contribution in [3.05, 3.63) is 17.0 Å². The fraction of sp³-hybridized carbons (Fsp3) is 0.667. The van der Waals surface area contributed by atoms with E-state index in [4.69, 9.17) is 4.52 Å². The van der Waals surface area contributed by atoms with Crippen molar-refractivity contribution in [3.8, 4) is 0 Å². The Labute approximate surface area is 95.4 Å². The van der Waals surface area contributed by atoms with Gasteiger partial charge in [-0.2, -0.15) is 0 Å². The molecule has 1 N–H and O–H groups in total. The quantitative estimate of drug-likeness (QED) is 0.847. The molecule has 2 atom stereocenters. The van der Waals surface area contributed by atoms with Gasteiger partial charge in [-0.25, -0.2) is 0 Å². The van der Waals surface area contributed by atoms with E-state index in [0.717, 1.165) is 30.7 Å². The van der Waals surface area contributed by atoms with Gasteiger partial charge in [0.25, 0.3) is 0 Å². The average molecular weight is 222 g/mol. The first-order chi connectivity index (χ1) is 7.58. The number of aryl methyl sites for hydroxylation is 2. The van der Waals surface area contributed by atoms with E-state index in [1.165, 1.54) is 5.56 Å². The molecular formula is C12H18N2O2. The van der Waals surface area contributed by atoms with Gasteiger partial charge in [-0.15, -0.1) is 0 Å². The molecule has 2 heterocycles. The lowest BCUT2D eigenvalue weighted by atomic mass is 10.0. The first-order valence-corrected chi connectivity index (χ1v) is 5.80. The summed E-state index contributed by atoms with van der Waals surface area (Å²) in [6.45, 7) is 5.87. The summed E-state index contributed by atoms with van der Waals surface area (Å²) >= 11 is 0. The summed E-state index contributed by atoms with van der Waals surface area (Å²) in [7, 11) is 0. The van der Waals surface area contributed by atoms with Crippen LogP contribution in [0.5, 0.6) is 0 Å². The van der Waals surface area contributed by atoms with Crippen LogP contribution in [0.2, 0.25) is 0 Å². The molecule has 0 radical (unpaired) electrons. The second-order valence-corrected chi connectivity index (χ2v) is 4.68. The van der Waals surface area contributed by atoms with Gasteiger partial charge < -0.3 is 9.84 Å². The Morgan fingerprint density at radius 3 is 2.75 bits per heavy atom. The van der Waals surface area contributed by atoms with Crippen LogP contribution >= 0.6 is 0 Å². The fourth-order valence-electron chi connectivity index (χ4n) is 2.30. The Balaban J connectivity index is 1.91. The third-order valence-corrected chi connectivity index (χ3v) is 3.36. The molecule has 1 aromatic heterocycles. The molecular weight excluding hydrogens is 204 g/mol. The van der Waals surface area contributed by atoms with Crippen molar-refractivity contribution in [2.45, 2.75) is 46.1 Å². The molecule has 4 nitrogen and oxygen atoms in total. The highest BCUT2D eigenvalue weighted by atomic mass is 16.5. The summed E-state index contributed by atoms with van der Waals surface area (Å²) in [6, 6.07) is 0.316. The molecule has 1 aliphatic heterocycles. The maximum atomic E-state index is 11.3. The third kappa shape index (κ3) is 2.10. The van der Waals surface area contributed by atoms with Crippen LogP contribution in [-0.4, -0.2) is 17.1 Å². The van der Waals surface area contributed by atoms with Gasteiger partial charge in [0.05, 0.1) is 5.69 Å². The van der Waals surface area contributed by atoms with E-state index in [0.29, 0.717) is 6.04 Å². The van der Waals surface area contributed by atoms with Crippen molar-refractivity contribution in [1.82, 2.24) is 10.5 Å². The van der Waals surface area contributed by atoms with Crippen molar-refractivity contribution in [2.24, 2.45) is 5.92 Å². The van der Waals surface area contributed by atoms with Gasteiger partial charge in [0.1, 0.15) is 5.76 Å². The predicted molar refractivity (Wildman–Crippen MR) is 60.0 cm³/mol. The van der Waals surface area contributed by atoms with Gasteiger partial charge in [-0.05, 0) is 33.1 Å². The molecule has 1 aliphatic rings. The van der Waals surface area contributed by atoms with E-state index < -0.39 is 0 Å². The van der Waals surface area contributed by atoms with Gasteiger partial charge in [-0.3, -0.25) is 4.79 Å². The number of amides is 1. The van der Waals surface area contributed by atoms with E-state index >= 15 is 0 Å². The van der Waals surface area contributed by atoms with Crippen LogP contribution in [0, 0.1) is 19.8 Å². The maximum absolute atomic E-state index is 11.3. The number of nitrogens with zero attached hydrogens (tertiary/aromatic N) is 1. The van der Waals surface area contributed by atoms with E-state index in [2.05, 4.69) is 10.5 Å². The molecule has 1 saturated heterocycles. The summed E-state index contributed by atoms with van der Waals surface area (Å²) in [5.74, 6) is 1.24. The second kappa shape index (κ2) is 4.28. The number of rotatable bonds is 3. The Morgan fingerprint density at radius 2 is 2.25 bits per heavy atom. The molecule has 1 fully saturated rings. The van der Waals surface area contributed by atoms with Crippen molar-refractivity contribution in [1.29, 1.82) is 0 Å². The Kier molecular flexibility index (Phi) is 2.99. The number of hydrogen-bond acceptors (Lipinski definition) is 3. The maximum Gasteiger partial charge on any atom is 0.223 e. The van der Waals surface area contributed by atoms with Gasteiger partial charge in [-0.1, -0.05) is 12.1 Å². The summed E-state index contributed by atoms with van der Waals surface area (Å²) in [5, 5.41) is 6.94. The smallest absolute Gasteiger partial charge is 0.223 e. The topological polar surface area (TPSA) is 55.1 Å². The van der Waals surface area contributed by atoms with Crippen molar-refractivity contribution in [2.75, 3.05) is 0 Å². The lowest BCUT2D eigenvalue weighted by Crippen LogP contribution is -2.26. The number of hydrogen-bond donors (Lipinski definition) is 1. The standard InChI is InChI=1S/C12H18N2O2/c1-7-6-10(13-12(7)15)4-5-11-8(2)14-16-9(11)3/h7,10H,4-6H2,1-3H3,(H,13,15). The van der Waals surface area contributed by atoms with Gasteiger partial charge in [0, 0.05) is 17.5 Å². The van der Waals surface area contributed by atoms with Crippen LogP contribution in [0.3, 0.4) is 0 Å². The second-order valence-electron chi connectivity index (χ2n) is 4.68. The average Bonchev–Trinajstić information content (AvgIpc) is 2.70. The predicted octanol–water partition coefficient (Wildman–Crippen LogP) is 1.75. The van der Waals surface area contributed by atoms with Crippen LogP contribution in [0.15, 0.2) is 4.52 Å². The Morgan fingerprint density at radius 1 is 1.50 bits per heavy atom. The fourth-order valence-corrected chi connectivity index (χ4v) is 2.30. The van der Waals surface area contributed by atoms with Crippen LogP contribution in [0.4, 0.5) is 0 Å². The molecule has 16 heavy (non-hydrogen) atoms. The van der Waals surface area contributed by atoms with Crippen LogP contribution in [0.1, 0.15) is 36.8 Å². The molecule has 1 amide bonds. The van der Waals surface area contributed by atoms with Crippen LogP contribution in [0.25, 0.3) is 0 Å².